The van der Waals surface area contributed by atoms with Crippen molar-refractivity contribution in [1.29, 1.82) is 0 Å². The number of hydrogen-bond acceptors (Lipinski definition) is 4. The van der Waals surface area contributed by atoms with Crippen LogP contribution in [0.2, 0.25) is 5.02 Å². The van der Waals surface area contributed by atoms with Crippen molar-refractivity contribution >= 4 is 34.8 Å². The van der Waals surface area contributed by atoms with Gasteiger partial charge in [-0.05, 0) is 54.5 Å². The number of fused-ring (bicyclic) bond motifs is 1. The van der Waals surface area contributed by atoms with E-state index in [0.29, 0.717) is 22.4 Å². The van der Waals surface area contributed by atoms with Gasteiger partial charge in [0, 0.05) is 16.4 Å². The van der Waals surface area contributed by atoms with Gasteiger partial charge in [-0.15, -0.1) is 11.3 Å². The predicted molar refractivity (Wildman–Crippen MR) is 99.1 cm³/mol. The number of nitrogens with one attached hydrogen (secondary N) is 1. The molecule has 0 aliphatic heterocycles. The van der Waals surface area contributed by atoms with Crippen molar-refractivity contribution in [3.05, 3.63) is 56.2 Å². The van der Waals surface area contributed by atoms with Gasteiger partial charge in [0.25, 0.3) is 5.91 Å². The van der Waals surface area contributed by atoms with Crippen molar-refractivity contribution in [2.24, 2.45) is 5.92 Å². The smallest absolute Gasteiger partial charge is 0.348 e. The van der Waals surface area contributed by atoms with Crippen LogP contribution < -0.4 is 5.32 Å². The Kier molecular flexibility index (Phi) is 5.76. The molecule has 4 nitrogen and oxygen atoms in total. The lowest BCUT2D eigenvalue weighted by Crippen LogP contribution is -2.28. The van der Waals surface area contributed by atoms with Gasteiger partial charge in [-0.3, -0.25) is 4.79 Å². The molecule has 0 unspecified atom stereocenters. The van der Waals surface area contributed by atoms with E-state index in [1.54, 1.807) is 12.1 Å². The molecule has 6 heteroatoms. The van der Waals surface area contributed by atoms with Crippen LogP contribution in [0.25, 0.3) is 0 Å². The molecule has 1 aliphatic carbocycles. The number of hydrogen-bond donors (Lipinski definition) is 1. The molecule has 1 N–H and O–H groups in total. The minimum absolute atomic E-state index is 0.272. The minimum Gasteiger partial charge on any atom is -0.451 e. The maximum atomic E-state index is 12.2. The summed E-state index contributed by atoms with van der Waals surface area (Å²) in [5.74, 6) is -0.0865. The Labute approximate surface area is 156 Å². The van der Waals surface area contributed by atoms with Gasteiger partial charge in [-0.25, -0.2) is 4.79 Å². The van der Waals surface area contributed by atoms with E-state index in [4.69, 9.17) is 16.3 Å². The Morgan fingerprint density at radius 2 is 2.08 bits per heavy atom. The highest BCUT2D eigenvalue weighted by molar-refractivity contribution is 7.14. The predicted octanol–water partition coefficient (Wildman–Crippen LogP) is 4.00. The Balaban J connectivity index is 1.47. The van der Waals surface area contributed by atoms with Crippen molar-refractivity contribution in [2.45, 2.75) is 32.7 Å². The molecule has 0 fully saturated rings. The fourth-order valence-electron chi connectivity index (χ4n) is 2.86. The highest BCUT2D eigenvalue weighted by Crippen LogP contribution is 2.32. The number of benzene rings is 1. The zero-order valence-corrected chi connectivity index (χ0v) is 15.6. The number of aryl methyl sites for hydroxylation is 1. The number of halogens is 1. The molecule has 25 heavy (non-hydrogen) atoms. The third-order valence-corrected chi connectivity index (χ3v) is 5.74. The molecule has 0 saturated heterocycles. The first-order chi connectivity index (χ1) is 12.0. The second-order valence-corrected chi connectivity index (χ2v) is 7.96. The molecule has 0 radical (unpaired) electrons. The summed E-state index contributed by atoms with van der Waals surface area (Å²) in [5.41, 5.74) is 2.19. The number of ether oxygens (including phenoxy) is 1. The van der Waals surface area contributed by atoms with Crippen LogP contribution in [-0.4, -0.2) is 18.5 Å². The lowest BCUT2D eigenvalue weighted by molar-refractivity contribution is -0.124. The Morgan fingerprint density at radius 1 is 1.32 bits per heavy atom. The van der Waals surface area contributed by atoms with E-state index >= 15 is 0 Å². The monoisotopic (exact) mass is 377 g/mol. The van der Waals surface area contributed by atoms with E-state index in [-0.39, 0.29) is 12.5 Å². The minimum atomic E-state index is -0.423. The Hall–Kier alpha value is -1.85. The van der Waals surface area contributed by atoms with Crippen molar-refractivity contribution in [3.63, 3.8) is 0 Å². The molecule has 1 aromatic carbocycles. The standard InChI is InChI=1S/C19H20ClNO3S/c1-12-2-7-16-14(8-12)9-17(25-16)19(23)24-11-18(22)21-10-13-3-5-15(20)6-4-13/h3-6,9,12H,2,7-8,10-11H2,1H3,(H,21,22)/t12-/m0/s1. The molecule has 0 saturated carbocycles. The average Bonchev–Trinajstić information content (AvgIpc) is 3.02. The van der Waals surface area contributed by atoms with Gasteiger partial charge < -0.3 is 10.1 Å². The molecular weight excluding hydrogens is 358 g/mol. The molecule has 1 heterocycles. The average molecular weight is 378 g/mol. The van der Waals surface area contributed by atoms with E-state index in [2.05, 4.69) is 12.2 Å². The number of thiophene rings is 1. The molecule has 3 rings (SSSR count). The summed E-state index contributed by atoms with van der Waals surface area (Å²) in [6.07, 6.45) is 3.20. The van der Waals surface area contributed by atoms with E-state index in [1.165, 1.54) is 21.8 Å². The SMILES string of the molecule is C[C@H]1CCc2sc(C(=O)OCC(=O)NCc3ccc(Cl)cc3)cc2C1. The number of rotatable bonds is 5. The van der Waals surface area contributed by atoms with E-state index < -0.39 is 5.97 Å². The molecule has 1 atom stereocenters. The van der Waals surface area contributed by atoms with Gasteiger partial charge in [-0.1, -0.05) is 30.7 Å². The summed E-state index contributed by atoms with van der Waals surface area (Å²) in [6.45, 7) is 2.33. The van der Waals surface area contributed by atoms with Crippen molar-refractivity contribution < 1.29 is 14.3 Å². The third kappa shape index (κ3) is 4.83. The van der Waals surface area contributed by atoms with Crippen molar-refractivity contribution in [2.75, 3.05) is 6.61 Å². The fraction of sp³-hybridized carbons (Fsp3) is 0.368. The van der Waals surface area contributed by atoms with Gasteiger partial charge >= 0.3 is 5.97 Å². The van der Waals surface area contributed by atoms with Gasteiger partial charge in [0.05, 0.1) is 0 Å². The van der Waals surface area contributed by atoms with Crippen LogP contribution in [0.4, 0.5) is 0 Å². The van der Waals surface area contributed by atoms with Crippen molar-refractivity contribution in [3.8, 4) is 0 Å². The summed E-state index contributed by atoms with van der Waals surface area (Å²) < 4.78 is 5.14. The second-order valence-electron chi connectivity index (χ2n) is 6.39. The van der Waals surface area contributed by atoms with Crippen molar-refractivity contribution in [1.82, 2.24) is 5.32 Å². The fourth-order valence-corrected chi connectivity index (χ4v) is 4.09. The summed E-state index contributed by atoms with van der Waals surface area (Å²) in [4.78, 5) is 25.9. The number of esters is 1. The lowest BCUT2D eigenvalue weighted by atomic mass is 9.90. The van der Waals surface area contributed by atoms with Crippen LogP contribution >= 0.6 is 22.9 Å². The van der Waals surface area contributed by atoms with E-state index in [9.17, 15) is 9.59 Å². The van der Waals surface area contributed by atoms with Crippen LogP contribution in [0.15, 0.2) is 30.3 Å². The highest BCUT2D eigenvalue weighted by Gasteiger charge is 2.21. The normalized spacial score (nSPS) is 16.2. The number of amides is 1. The molecule has 1 aromatic heterocycles. The molecule has 132 valence electrons. The zero-order valence-electron chi connectivity index (χ0n) is 14.0. The molecular formula is C19H20ClNO3S. The maximum Gasteiger partial charge on any atom is 0.348 e. The van der Waals surface area contributed by atoms with Crippen LogP contribution in [0.3, 0.4) is 0 Å². The zero-order chi connectivity index (χ0) is 17.8. The van der Waals surface area contributed by atoms with E-state index in [1.807, 2.05) is 18.2 Å². The molecule has 0 spiro atoms. The molecule has 2 aromatic rings. The van der Waals surface area contributed by atoms with Crippen LogP contribution in [0, 0.1) is 5.92 Å². The summed E-state index contributed by atoms with van der Waals surface area (Å²) in [7, 11) is 0. The van der Waals surface area contributed by atoms with Gasteiger partial charge in [-0.2, -0.15) is 0 Å². The Bertz CT molecular complexity index is 769. The Morgan fingerprint density at radius 3 is 2.84 bits per heavy atom. The molecule has 1 amide bonds. The third-order valence-electron chi connectivity index (χ3n) is 4.27. The largest absolute Gasteiger partial charge is 0.451 e. The first-order valence-corrected chi connectivity index (χ1v) is 9.50. The first-order valence-electron chi connectivity index (χ1n) is 8.31. The van der Waals surface area contributed by atoms with Gasteiger partial charge in [0.15, 0.2) is 6.61 Å². The summed E-state index contributed by atoms with van der Waals surface area (Å²) in [6, 6.07) is 9.13. The van der Waals surface area contributed by atoms with Gasteiger partial charge in [0.2, 0.25) is 0 Å². The number of carbonyl (C=O) groups excluding carboxylic acids is 2. The van der Waals surface area contributed by atoms with Crippen LogP contribution in [0.1, 0.15) is 39.0 Å². The summed E-state index contributed by atoms with van der Waals surface area (Å²) >= 11 is 7.31. The maximum absolute atomic E-state index is 12.2. The second kappa shape index (κ2) is 8.02. The summed E-state index contributed by atoms with van der Waals surface area (Å²) in [5, 5.41) is 3.37. The van der Waals surface area contributed by atoms with Crippen LogP contribution in [0.5, 0.6) is 0 Å². The quantitative estimate of drug-likeness (QED) is 0.801. The van der Waals surface area contributed by atoms with E-state index in [0.717, 1.165) is 24.8 Å². The van der Waals surface area contributed by atoms with Crippen LogP contribution in [-0.2, 0) is 28.9 Å². The number of carbonyl (C=O) groups is 2. The van der Waals surface area contributed by atoms with Gasteiger partial charge in [0.1, 0.15) is 4.88 Å². The molecule has 1 aliphatic rings. The first kappa shape index (κ1) is 18.0. The topological polar surface area (TPSA) is 55.4 Å². The molecule has 0 bridgehead atoms. The highest BCUT2D eigenvalue weighted by atomic mass is 35.5. The lowest BCUT2D eigenvalue weighted by Gasteiger charge is -2.16.